The smallest absolute Gasteiger partial charge is 0.339 e. The molecule has 4 aliphatic rings. The Bertz CT molecular complexity index is 2480. The Morgan fingerprint density at radius 3 is 1.21 bits per heavy atom. The number of hydrogen-bond acceptors (Lipinski definition) is 16. The van der Waals surface area contributed by atoms with Crippen LogP contribution in [0.4, 0.5) is 8.78 Å². The van der Waals surface area contributed by atoms with Gasteiger partial charge in [0.1, 0.15) is 36.7 Å². The number of amides is 2. The molecule has 4 aliphatic heterocycles. The molecule has 6 atom stereocenters. The summed E-state index contributed by atoms with van der Waals surface area (Å²) < 4.78 is 74.5. The molecule has 84 heavy (non-hydrogen) atoms. The second-order valence-corrected chi connectivity index (χ2v) is 23.2. The van der Waals surface area contributed by atoms with E-state index >= 15 is 9.59 Å². The molecule has 4 saturated heterocycles. The predicted molar refractivity (Wildman–Crippen MR) is 306 cm³/mol. The molecule has 2 N–H and O–H groups in total. The minimum Gasteiger partial charge on any atom is -0.493 e. The van der Waals surface area contributed by atoms with Gasteiger partial charge in [0, 0.05) is 75.6 Å². The van der Waals surface area contributed by atoms with Crippen molar-refractivity contribution >= 4 is 23.8 Å². The van der Waals surface area contributed by atoms with Gasteiger partial charge >= 0.3 is 11.9 Å². The Morgan fingerprint density at radius 2 is 0.893 bits per heavy atom. The highest BCUT2D eigenvalue weighted by Gasteiger charge is 2.42. The zero-order chi connectivity index (χ0) is 59.5. The lowest BCUT2D eigenvalue weighted by molar-refractivity contribution is -0.184. The Kier molecular flexibility index (Phi) is 24.2. The molecule has 18 nitrogen and oxygen atoms in total. The van der Waals surface area contributed by atoms with Crippen LogP contribution in [-0.2, 0) is 60.7 Å². The van der Waals surface area contributed by atoms with E-state index in [4.69, 9.17) is 37.9 Å². The van der Waals surface area contributed by atoms with Crippen molar-refractivity contribution in [3.05, 3.63) is 131 Å². The number of ether oxygens (including phenoxy) is 8. The van der Waals surface area contributed by atoms with E-state index in [1.165, 1.54) is 24.3 Å². The molecule has 20 heteroatoms. The lowest BCUT2D eigenvalue weighted by Gasteiger charge is -2.40. The molecule has 4 heterocycles. The maximum atomic E-state index is 15.3. The van der Waals surface area contributed by atoms with Gasteiger partial charge in [-0.3, -0.25) is 9.59 Å². The average molecular weight is 1170 g/mol. The van der Waals surface area contributed by atoms with Gasteiger partial charge in [-0.1, -0.05) is 76.2 Å². The maximum Gasteiger partial charge on any atom is 0.339 e. The molecule has 4 aromatic carbocycles. The summed E-state index contributed by atoms with van der Waals surface area (Å²) in [4.78, 5) is 67.2. The normalized spacial score (nSPS) is 19.9. The minimum atomic E-state index is -2.61. The zero-order valence-corrected chi connectivity index (χ0v) is 48.9. The zero-order valence-electron chi connectivity index (χ0n) is 48.9. The van der Waals surface area contributed by atoms with Crippen molar-refractivity contribution in [3.63, 3.8) is 0 Å². The first kappa shape index (κ1) is 63.9. The second kappa shape index (κ2) is 31.9. The van der Waals surface area contributed by atoms with Gasteiger partial charge in [0.25, 0.3) is 11.8 Å². The van der Waals surface area contributed by atoms with Crippen molar-refractivity contribution in [3.8, 4) is 11.5 Å². The summed E-state index contributed by atoms with van der Waals surface area (Å²) in [6.45, 7) is 14.9. The number of benzene rings is 4. The van der Waals surface area contributed by atoms with Gasteiger partial charge in [-0.25, -0.2) is 18.4 Å². The van der Waals surface area contributed by atoms with Gasteiger partial charge in [-0.05, 0) is 123 Å². The summed E-state index contributed by atoms with van der Waals surface area (Å²) >= 11 is 0. The highest BCUT2D eigenvalue weighted by molar-refractivity contribution is 5.91. The van der Waals surface area contributed by atoms with E-state index in [1.54, 1.807) is 82.6 Å². The van der Waals surface area contributed by atoms with Crippen LogP contribution >= 0.6 is 0 Å². The standard InChI is InChI=1S/C64H84F2N4O14/c1-43(2)39-79-53-17-9-47(10-18-53)59(61(73)69(37-45-5-13-49(65)14-6-45)51-21-29-67(30-22-51)33-25-55-27-35-77-41-81-55)83-63(75)57(71)58(72)64(76)84-60(48-11-19-54(20-12-48)80-40-44(3)4)62(74)70(38-46-7-15-50(66)16-8-46)52-23-31-68(32-24-52)34-26-56-28-36-78-42-82-56/h5-20,43-44,51-52,55-60,71-72H,21-42H2,1-4H3. The number of hydrogen-bond donors (Lipinski definition) is 2. The minimum absolute atomic E-state index is 0.0183. The molecule has 2 amide bonds. The lowest BCUT2D eigenvalue weighted by atomic mass is 9.99. The van der Waals surface area contributed by atoms with Crippen LogP contribution in [0.25, 0.3) is 0 Å². The Balaban J connectivity index is 1.03. The van der Waals surface area contributed by atoms with Crippen LogP contribution in [-0.4, -0.2) is 169 Å². The van der Waals surface area contributed by atoms with E-state index in [9.17, 15) is 28.6 Å². The van der Waals surface area contributed by atoms with E-state index < -0.39 is 59.8 Å². The van der Waals surface area contributed by atoms with E-state index in [0.717, 1.165) is 38.8 Å². The predicted octanol–water partition coefficient (Wildman–Crippen LogP) is 7.92. The highest BCUT2D eigenvalue weighted by Crippen LogP contribution is 2.32. The number of esters is 2. The number of aliphatic hydroxyl groups excluding tert-OH is 2. The third-order valence-corrected chi connectivity index (χ3v) is 15.8. The number of likely N-dealkylation sites (tertiary alicyclic amines) is 2. The fourth-order valence-electron chi connectivity index (χ4n) is 10.8. The van der Waals surface area contributed by atoms with Gasteiger partial charge in [-0.15, -0.1) is 0 Å². The van der Waals surface area contributed by atoms with E-state index in [1.807, 2.05) is 27.7 Å². The fourth-order valence-corrected chi connectivity index (χ4v) is 10.8. The number of nitrogens with zero attached hydrogens (tertiary/aromatic N) is 4. The first-order chi connectivity index (χ1) is 40.6. The van der Waals surface area contributed by atoms with Gasteiger partial charge in [0.05, 0.1) is 38.6 Å². The van der Waals surface area contributed by atoms with Crippen LogP contribution in [0.5, 0.6) is 11.5 Å². The van der Waals surface area contributed by atoms with Gasteiger partial charge < -0.3 is 67.7 Å². The quantitative estimate of drug-likeness (QED) is 0.0546. The lowest BCUT2D eigenvalue weighted by Crippen LogP contribution is -2.50. The van der Waals surface area contributed by atoms with Crippen LogP contribution in [0.3, 0.4) is 0 Å². The molecule has 0 bridgehead atoms. The molecule has 0 spiro atoms. The third-order valence-electron chi connectivity index (χ3n) is 15.8. The Morgan fingerprint density at radius 1 is 0.536 bits per heavy atom. The van der Waals surface area contributed by atoms with Gasteiger partial charge in [-0.2, -0.15) is 0 Å². The first-order valence-corrected chi connectivity index (χ1v) is 29.7. The Labute approximate surface area is 492 Å². The Hall–Kier alpha value is -6.10. The van der Waals surface area contributed by atoms with Crippen molar-refractivity contribution in [2.45, 2.75) is 141 Å². The van der Waals surface area contributed by atoms with Crippen LogP contribution in [0, 0.1) is 23.5 Å². The molecular weight excluding hydrogens is 1090 g/mol. The summed E-state index contributed by atoms with van der Waals surface area (Å²) in [6.07, 6.45) is -2.98. The number of piperidine rings is 2. The first-order valence-electron chi connectivity index (χ1n) is 29.7. The number of rotatable bonds is 27. The van der Waals surface area contributed by atoms with Crippen LogP contribution in [0.1, 0.15) is 114 Å². The van der Waals surface area contributed by atoms with Crippen molar-refractivity contribution in [2.75, 3.05) is 79.3 Å². The molecule has 0 saturated carbocycles. The number of carbonyl (C=O) groups is 4. The molecule has 8 rings (SSSR count). The molecule has 0 radical (unpaired) electrons. The van der Waals surface area contributed by atoms with Crippen LogP contribution in [0.15, 0.2) is 97.1 Å². The summed E-state index contributed by atoms with van der Waals surface area (Å²) in [6, 6.07) is 23.6. The van der Waals surface area contributed by atoms with E-state index in [2.05, 4.69) is 9.80 Å². The summed E-state index contributed by atoms with van der Waals surface area (Å²) in [5.41, 5.74) is 1.65. The van der Waals surface area contributed by atoms with Crippen molar-refractivity contribution in [1.29, 1.82) is 0 Å². The van der Waals surface area contributed by atoms with Crippen molar-refractivity contribution in [2.24, 2.45) is 11.8 Å². The molecule has 4 aromatic rings. The van der Waals surface area contributed by atoms with Crippen molar-refractivity contribution < 1.29 is 76.1 Å². The summed E-state index contributed by atoms with van der Waals surface area (Å²) in [7, 11) is 0. The van der Waals surface area contributed by atoms with Crippen molar-refractivity contribution in [1.82, 2.24) is 19.6 Å². The molecule has 0 aliphatic carbocycles. The highest BCUT2D eigenvalue weighted by atomic mass is 19.1. The fraction of sp³-hybridized carbons (Fsp3) is 0.562. The second-order valence-electron chi connectivity index (χ2n) is 23.2. The monoisotopic (exact) mass is 1170 g/mol. The SMILES string of the molecule is CC(C)COc1ccc(C(OC(=O)C(O)C(O)C(=O)OC(C(=O)N(Cc2ccc(F)cc2)C2CCN(CCC3CCOCO3)CC2)c2ccc(OCC(C)C)cc2)C(=O)N(Cc2ccc(F)cc2)C2CCN(CCC3CCOCO3)CC2)cc1. The number of halogens is 2. The molecule has 458 valence electrons. The number of aliphatic hydroxyl groups is 2. The van der Waals surface area contributed by atoms with Gasteiger partial charge in [0.2, 0.25) is 12.2 Å². The maximum absolute atomic E-state index is 15.3. The summed E-state index contributed by atoms with van der Waals surface area (Å²) in [5.74, 6) is -3.87. The summed E-state index contributed by atoms with van der Waals surface area (Å²) in [5, 5.41) is 23.4. The molecule has 4 fully saturated rings. The molecular formula is C64H84F2N4O14. The number of carbonyl (C=O) groups excluding carboxylic acids is 4. The van der Waals surface area contributed by atoms with Crippen LogP contribution < -0.4 is 9.47 Å². The van der Waals surface area contributed by atoms with Crippen LogP contribution in [0.2, 0.25) is 0 Å². The van der Waals surface area contributed by atoms with E-state index in [-0.39, 0.29) is 73.9 Å². The third kappa shape index (κ3) is 18.9. The average Bonchev–Trinajstić information content (AvgIpc) is 3.53. The largest absolute Gasteiger partial charge is 0.493 e. The van der Waals surface area contributed by atoms with E-state index in [0.29, 0.717) is 101 Å². The topological polar surface area (TPSA) is 196 Å². The molecule has 6 unspecified atom stereocenters. The van der Waals surface area contributed by atoms with Gasteiger partial charge in [0.15, 0.2) is 12.2 Å². The molecule has 0 aromatic heterocycles.